The van der Waals surface area contributed by atoms with Crippen LogP contribution < -0.4 is 0 Å². The van der Waals surface area contributed by atoms with Gasteiger partial charge in [0.2, 0.25) is 11.6 Å². The molecule has 6 aromatic rings. The first-order valence-corrected chi connectivity index (χ1v) is 13.9. The fourth-order valence-corrected chi connectivity index (χ4v) is 5.16. The number of phenols is 1. The summed E-state index contributed by atoms with van der Waals surface area (Å²) in [7, 11) is 0. The van der Waals surface area contributed by atoms with Crippen molar-refractivity contribution in [1.29, 1.82) is 0 Å². The van der Waals surface area contributed by atoms with Crippen LogP contribution in [0.5, 0.6) is 5.75 Å². The number of benzene rings is 3. The van der Waals surface area contributed by atoms with Gasteiger partial charge >= 0.3 is 0 Å². The van der Waals surface area contributed by atoms with Crippen LogP contribution in [0.25, 0.3) is 55.8 Å². The van der Waals surface area contributed by atoms with Crippen molar-refractivity contribution in [3.8, 4) is 39.5 Å². The van der Waals surface area contributed by atoms with Crippen molar-refractivity contribution in [3.63, 3.8) is 0 Å². The van der Waals surface area contributed by atoms with E-state index in [9.17, 15) is 5.11 Å². The summed E-state index contributed by atoms with van der Waals surface area (Å²) in [6.07, 6.45) is 3.60. The molecule has 0 unspecified atom stereocenters. The molecule has 6 rings (SSSR count). The van der Waals surface area contributed by atoms with E-state index in [0.29, 0.717) is 22.7 Å². The van der Waals surface area contributed by atoms with E-state index in [1.165, 1.54) is 11.1 Å². The van der Waals surface area contributed by atoms with Crippen LogP contribution in [0, 0.1) is 13.0 Å². The molecule has 216 valence electrons. The number of nitrogens with zero attached hydrogens (tertiary/aromatic N) is 3. The third-order valence-corrected chi connectivity index (χ3v) is 7.69. The van der Waals surface area contributed by atoms with Crippen molar-refractivity contribution in [2.75, 3.05) is 0 Å². The van der Waals surface area contributed by atoms with Crippen molar-refractivity contribution < 1.29 is 30.6 Å². The molecule has 42 heavy (non-hydrogen) atoms. The summed E-state index contributed by atoms with van der Waals surface area (Å²) < 4.78 is 6.14. The first-order valence-electron chi connectivity index (χ1n) is 13.9. The standard InChI is InChI=1S/C36H34N3O2.Pt/c1-21-13-15-37-31-26(21)9-8-10-27(31)22-17-23(19-25(18-22)36(5,6)7)28-14-16-38-34-32(28)39-33(41-34)29-20-24(35(2,3)4)11-12-30(29)40;/h8-16,18-20,40H,1-7H3;/q-1;. The normalized spacial score (nSPS) is 12.1. The Kier molecular flexibility index (Phi) is 7.62. The number of aromatic hydroxyl groups is 1. The molecule has 1 N–H and O–H groups in total. The number of oxazole rings is 1. The first kappa shape index (κ1) is 29.7. The Bertz CT molecular complexity index is 1940. The zero-order valence-corrected chi connectivity index (χ0v) is 27.2. The van der Waals surface area contributed by atoms with E-state index in [-0.39, 0.29) is 37.6 Å². The van der Waals surface area contributed by atoms with Gasteiger partial charge in [-0.15, -0.1) is 34.9 Å². The van der Waals surface area contributed by atoms with Gasteiger partial charge in [0, 0.05) is 39.0 Å². The number of hydrogen-bond donors (Lipinski definition) is 1. The van der Waals surface area contributed by atoms with Gasteiger partial charge in [-0.3, -0.25) is 4.98 Å². The van der Waals surface area contributed by atoms with Crippen LogP contribution >= 0.6 is 0 Å². The molecule has 0 amide bonds. The molecule has 0 spiro atoms. The number of hydrogen-bond acceptors (Lipinski definition) is 5. The van der Waals surface area contributed by atoms with Crippen LogP contribution in [0.1, 0.15) is 58.2 Å². The van der Waals surface area contributed by atoms with Crippen LogP contribution in [-0.4, -0.2) is 20.1 Å². The average Bonchev–Trinajstić information content (AvgIpc) is 3.36. The molecule has 3 aromatic heterocycles. The third kappa shape index (κ3) is 5.39. The minimum atomic E-state index is -0.104. The second kappa shape index (κ2) is 10.8. The van der Waals surface area contributed by atoms with E-state index < -0.39 is 0 Å². The average molecular weight is 736 g/mol. The number of aromatic nitrogens is 3. The molecule has 0 radical (unpaired) electrons. The number of para-hydroxylation sites is 1. The monoisotopic (exact) mass is 735 g/mol. The van der Waals surface area contributed by atoms with E-state index in [1.54, 1.807) is 12.3 Å². The zero-order valence-electron chi connectivity index (χ0n) is 24.9. The number of phenolic OH excluding ortho intramolecular Hbond substituents is 1. The van der Waals surface area contributed by atoms with Gasteiger partial charge < -0.3 is 9.52 Å². The van der Waals surface area contributed by atoms with Crippen LogP contribution in [0.4, 0.5) is 0 Å². The molecule has 0 atom stereocenters. The Balaban J connectivity index is 0.00000353. The number of aryl methyl sites for hydroxylation is 1. The van der Waals surface area contributed by atoms with Gasteiger partial charge in [-0.05, 0) is 52.5 Å². The van der Waals surface area contributed by atoms with Gasteiger partial charge in [-0.25, -0.2) is 9.97 Å². The molecular formula is C36H34N3O2Pt-. The van der Waals surface area contributed by atoms with Gasteiger partial charge in [-0.2, -0.15) is 0 Å². The fraction of sp³-hybridized carbons (Fsp3) is 0.250. The minimum Gasteiger partial charge on any atom is -0.507 e. The van der Waals surface area contributed by atoms with Crippen molar-refractivity contribution in [2.24, 2.45) is 0 Å². The second-order valence-corrected chi connectivity index (χ2v) is 12.8. The molecule has 0 aliphatic heterocycles. The van der Waals surface area contributed by atoms with Crippen LogP contribution in [0.3, 0.4) is 0 Å². The van der Waals surface area contributed by atoms with Gasteiger partial charge in [0.05, 0.1) is 5.56 Å². The van der Waals surface area contributed by atoms with Crippen LogP contribution in [-0.2, 0) is 31.9 Å². The van der Waals surface area contributed by atoms with Crippen molar-refractivity contribution in [1.82, 2.24) is 15.0 Å². The van der Waals surface area contributed by atoms with E-state index in [0.717, 1.165) is 38.7 Å². The maximum Gasteiger partial charge on any atom is 0.240 e. The molecule has 0 bridgehead atoms. The molecule has 3 aromatic carbocycles. The molecule has 6 heteroatoms. The number of fused-ring (bicyclic) bond motifs is 2. The van der Waals surface area contributed by atoms with E-state index in [1.807, 2.05) is 30.5 Å². The van der Waals surface area contributed by atoms with E-state index >= 15 is 0 Å². The fourth-order valence-electron chi connectivity index (χ4n) is 5.16. The summed E-state index contributed by atoms with van der Waals surface area (Å²) in [6, 6.07) is 23.9. The van der Waals surface area contributed by atoms with Gasteiger partial charge in [-0.1, -0.05) is 83.0 Å². The molecule has 0 saturated heterocycles. The zero-order chi connectivity index (χ0) is 29.1. The predicted molar refractivity (Wildman–Crippen MR) is 166 cm³/mol. The van der Waals surface area contributed by atoms with Gasteiger partial charge in [0.25, 0.3) is 0 Å². The molecule has 3 heterocycles. The quantitative estimate of drug-likeness (QED) is 0.184. The van der Waals surface area contributed by atoms with Crippen molar-refractivity contribution in [3.05, 3.63) is 95.8 Å². The summed E-state index contributed by atoms with van der Waals surface area (Å²) in [5.74, 6) is 0.456. The maximum absolute atomic E-state index is 10.7. The number of pyridine rings is 2. The molecule has 5 nitrogen and oxygen atoms in total. The SMILES string of the molecule is Cc1ccnc2c(-c3[c-]c(-c4ccnc5oc(-c6cc(C(C)(C)C)ccc6O)nc45)cc(C(C)(C)C)c3)cccc12.[Pt]. The summed E-state index contributed by atoms with van der Waals surface area (Å²) in [5, 5.41) is 11.9. The van der Waals surface area contributed by atoms with Crippen molar-refractivity contribution in [2.45, 2.75) is 59.3 Å². The molecule has 0 aliphatic carbocycles. The molecule has 0 saturated carbocycles. The van der Waals surface area contributed by atoms with Crippen LogP contribution in [0.2, 0.25) is 0 Å². The van der Waals surface area contributed by atoms with E-state index in [2.05, 4.69) is 89.8 Å². The Morgan fingerprint density at radius 2 is 1.38 bits per heavy atom. The Morgan fingerprint density at radius 3 is 2.07 bits per heavy atom. The van der Waals surface area contributed by atoms with E-state index in [4.69, 9.17) is 14.4 Å². The number of rotatable bonds is 3. The molecule has 0 aliphatic rings. The largest absolute Gasteiger partial charge is 0.507 e. The topological polar surface area (TPSA) is 72.0 Å². The minimum absolute atomic E-state index is 0. The summed E-state index contributed by atoms with van der Waals surface area (Å²) >= 11 is 0. The molecule has 0 fully saturated rings. The molecular weight excluding hydrogens is 701 g/mol. The van der Waals surface area contributed by atoms with Crippen molar-refractivity contribution >= 4 is 22.1 Å². The third-order valence-electron chi connectivity index (χ3n) is 7.69. The summed E-state index contributed by atoms with van der Waals surface area (Å²) in [5.41, 5.74) is 9.57. The summed E-state index contributed by atoms with van der Waals surface area (Å²) in [4.78, 5) is 14.1. The summed E-state index contributed by atoms with van der Waals surface area (Å²) in [6.45, 7) is 15.2. The second-order valence-electron chi connectivity index (χ2n) is 12.8. The Labute approximate surface area is 261 Å². The van der Waals surface area contributed by atoms with Gasteiger partial charge in [0.15, 0.2) is 0 Å². The maximum atomic E-state index is 10.7. The van der Waals surface area contributed by atoms with Gasteiger partial charge in [0.1, 0.15) is 11.3 Å². The smallest absolute Gasteiger partial charge is 0.240 e. The Hall–Kier alpha value is -3.82. The predicted octanol–water partition coefficient (Wildman–Crippen LogP) is 9.18. The Morgan fingerprint density at radius 1 is 0.714 bits per heavy atom. The van der Waals surface area contributed by atoms with Crippen LogP contribution in [0.15, 0.2) is 77.5 Å². The first-order chi connectivity index (χ1) is 19.4.